The maximum atomic E-state index is 12.4. The summed E-state index contributed by atoms with van der Waals surface area (Å²) in [6.07, 6.45) is 4.20. The average molecular weight is 312 g/mol. The van der Waals surface area contributed by atoms with E-state index in [9.17, 15) is 8.42 Å². The van der Waals surface area contributed by atoms with E-state index in [1.54, 1.807) is 19.3 Å². The molecule has 2 heterocycles. The van der Waals surface area contributed by atoms with Gasteiger partial charge in [-0.15, -0.1) is 0 Å². The third kappa shape index (κ3) is 3.90. The molecule has 2 aromatic rings. The van der Waals surface area contributed by atoms with E-state index >= 15 is 0 Å². The van der Waals surface area contributed by atoms with Gasteiger partial charge in [0.1, 0.15) is 4.90 Å². The van der Waals surface area contributed by atoms with Crippen LogP contribution in [0.1, 0.15) is 30.3 Å². The van der Waals surface area contributed by atoms with Crippen molar-refractivity contribution in [3.8, 4) is 0 Å². The molecule has 0 saturated carbocycles. The largest absolute Gasteiger partial charge is 0.311 e. The SMILES string of the molecule is CCCNCc1n[nH]c(C)c1S(=O)(=O)NCc1cn[nH]c1. The molecule has 0 unspecified atom stereocenters. The third-order valence-corrected chi connectivity index (χ3v) is 4.57. The molecule has 0 atom stereocenters. The molecule has 2 aromatic heterocycles. The molecular weight excluding hydrogens is 292 g/mol. The summed E-state index contributed by atoms with van der Waals surface area (Å²) >= 11 is 0. The fourth-order valence-corrected chi connectivity index (χ4v) is 3.33. The molecule has 0 aliphatic heterocycles. The van der Waals surface area contributed by atoms with Crippen molar-refractivity contribution in [2.75, 3.05) is 6.54 Å². The van der Waals surface area contributed by atoms with Crippen LogP contribution in [0.4, 0.5) is 0 Å². The van der Waals surface area contributed by atoms with Crippen molar-refractivity contribution in [2.24, 2.45) is 0 Å². The maximum Gasteiger partial charge on any atom is 0.244 e. The van der Waals surface area contributed by atoms with Crippen molar-refractivity contribution in [3.05, 3.63) is 29.3 Å². The van der Waals surface area contributed by atoms with Gasteiger partial charge < -0.3 is 5.32 Å². The molecule has 4 N–H and O–H groups in total. The zero-order valence-corrected chi connectivity index (χ0v) is 12.9. The molecule has 0 fully saturated rings. The zero-order valence-electron chi connectivity index (χ0n) is 12.1. The van der Waals surface area contributed by atoms with Gasteiger partial charge in [0.05, 0.1) is 17.6 Å². The van der Waals surface area contributed by atoms with E-state index in [2.05, 4.69) is 30.4 Å². The van der Waals surface area contributed by atoms with Crippen LogP contribution >= 0.6 is 0 Å². The maximum absolute atomic E-state index is 12.4. The van der Waals surface area contributed by atoms with Crippen LogP contribution in [0.15, 0.2) is 17.3 Å². The second kappa shape index (κ2) is 6.83. The summed E-state index contributed by atoms with van der Waals surface area (Å²) in [6.45, 7) is 5.16. The number of aromatic amines is 2. The van der Waals surface area contributed by atoms with Crippen LogP contribution in [0.3, 0.4) is 0 Å². The van der Waals surface area contributed by atoms with Crippen LogP contribution in [0.5, 0.6) is 0 Å². The number of nitrogens with one attached hydrogen (secondary N) is 4. The predicted molar refractivity (Wildman–Crippen MR) is 77.9 cm³/mol. The van der Waals surface area contributed by atoms with Crippen molar-refractivity contribution < 1.29 is 8.42 Å². The van der Waals surface area contributed by atoms with E-state index in [-0.39, 0.29) is 11.4 Å². The summed E-state index contributed by atoms with van der Waals surface area (Å²) in [4.78, 5) is 0.217. The minimum absolute atomic E-state index is 0.186. The Balaban J connectivity index is 2.13. The lowest BCUT2D eigenvalue weighted by molar-refractivity contribution is 0.577. The van der Waals surface area contributed by atoms with Crippen LogP contribution in [-0.4, -0.2) is 35.4 Å². The molecular formula is C12H20N6O2S. The Morgan fingerprint density at radius 1 is 1.33 bits per heavy atom. The Kier molecular flexibility index (Phi) is 5.10. The van der Waals surface area contributed by atoms with Crippen molar-refractivity contribution >= 4 is 10.0 Å². The smallest absolute Gasteiger partial charge is 0.244 e. The van der Waals surface area contributed by atoms with E-state index < -0.39 is 10.0 Å². The first-order chi connectivity index (χ1) is 10.0. The Hall–Kier alpha value is -1.71. The fourth-order valence-electron chi connectivity index (χ4n) is 1.95. The summed E-state index contributed by atoms with van der Waals surface area (Å²) in [7, 11) is -3.62. The molecule has 0 spiro atoms. The van der Waals surface area contributed by atoms with Crippen LogP contribution < -0.4 is 10.0 Å². The quantitative estimate of drug-likeness (QED) is 0.527. The molecule has 116 valence electrons. The summed E-state index contributed by atoms with van der Waals surface area (Å²) in [6, 6.07) is 0. The average Bonchev–Trinajstić information content (AvgIpc) is 3.07. The van der Waals surface area contributed by atoms with Crippen LogP contribution in [0, 0.1) is 6.92 Å². The summed E-state index contributed by atoms with van der Waals surface area (Å²) < 4.78 is 27.4. The summed E-state index contributed by atoms with van der Waals surface area (Å²) in [5.74, 6) is 0. The van der Waals surface area contributed by atoms with Crippen LogP contribution in [-0.2, 0) is 23.1 Å². The number of aryl methyl sites for hydroxylation is 1. The normalized spacial score (nSPS) is 11.9. The van der Waals surface area contributed by atoms with Crippen molar-refractivity contribution in [1.29, 1.82) is 0 Å². The van der Waals surface area contributed by atoms with Gasteiger partial charge in [0.15, 0.2) is 0 Å². The molecule has 0 aliphatic rings. The van der Waals surface area contributed by atoms with Crippen molar-refractivity contribution in [1.82, 2.24) is 30.4 Å². The summed E-state index contributed by atoms with van der Waals surface area (Å²) in [5, 5.41) is 16.4. The Morgan fingerprint density at radius 3 is 2.81 bits per heavy atom. The number of H-pyrrole nitrogens is 2. The van der Waals surface area contributed by atoms with E-state index in [0.717, 1.165) is 18.5 Å². The highest BCUT2D eigenvalue weighted by molar-refractivity contribution is 7.89. The Morgan fingerprint density at radius 2 is 2.14 bits per heavy atom. The molecule has 0 radical (unpaired) electrons. The first-order valence-corrected chi connectivity index (χ1v) is 8.24. The van der Waals surface area contributed by atoms with Crippen LogP contribution in [0.2, 0.25) is 0 Å². The van der Waals surface area contributed by atoms with Gasteiger partial charge in [0.2, 0.25) is 10.0 Å². The minimum atomic E-state index is -3.62. The minimum Gasteiger partial charge on any atom is -0.311 e. The highest BCUT2D eigenvalue weighted by Crippen LogP contribution is 2.17. The van der Waals surface area contributed by atoms with Gasteiger partial charge >= 0.3 is 0 Å². The molecule has 0 aliphatic carbocycles. The van der Waals surface area contributed by atoms with Gasteiger partial charge in [-0.3, -0.25) is 10.2 Å². The number of sulfonamides is 1. The van der Waals surface area contributed by atoms with Gasteiger partial charge in [-0.25, -0.2) is 13.1 Å². The first-order valence-electron chi connectivity index (χ1n) is 6.76. The Labute approximate surface area is 123 Å². The summed E-state index contributed by atoms with van der Waals surface area (Å²) in [5.41, 5.74) is 1.80. The molecule has 0 aromatic carbocycles. The van der Waals surface area contributed by atoms with E-state index in [4.69, 9.17) is 0 Å². The molecule has 9 heteroatoms. The fraction of sp³-hybridized carbons (Fsp3) is 0.500. The first kappa shape index (κ1) is 15.7. The molecule has 2 rings (SSSR count). The lowest BCUT2D eigenvalue weighted by Gasteiger charge is -2.07. The molecule has 0 saturated heterocycles. The Bertz CT molecular complexity index is 662. The van der Waals surface area contributed by atoms with E-state index in [1.165, 1.54) is 0 Å². The van der Waals surface area contributed by atoms with Crippen LogP contribution in [0.25, 0.3) is 0 Å². The second-order valence-electron chi connectivity index (χ2n) is 4.73. The third-order valence-electron chi connectivity index (χ3n) is 2.97. The number of hydrogen-bond donors (Lipinski definition) is 4. The molecule has 0 bridgehead atoms. The van der Waals surface area contributed by atoms with E-state index in [0.29, 0.717) is 17.9 Å². The molecule has 21 heavy (non-hydrogen) atoms. The van der Waals surface area contributed by atoms with Crippen molar-refractivity contribution in [2.45, 2.75) is 38.3 Å². The van der Waals surface area contributed by atoms with Gasteiger partial charge in [-0.1, -0.05) is 6.92 Å². The number of rotatable bonds is 8. The number of hydrogen-bond acceptors (Lipinski definition) is 5. The second-order valence-corrected chi connectivity index (χ2v) is 6.44. The van der Waals surface area contributed by atoms with Gasteiger partial charge in [0, 0.05) is 24.8 Å². The van der Waals surface area contributed by atoms with Gasteiger partial charge in [-0.05, 0) is 19.9 Å². The highest BCUT2D eigenvalue weighted by Gasteiger charge is 2.23. The van der Waals surface area contributed by atoms with E-state index in [1.807, 2.05) is 6.92 Å². The molecule has 8 nitrogen and oxygen atoms in total. The monoisotopic (exact) mass is 312 g/mol. The lowest BCUT2D eigenvalue weighted by Crippen LogP contribution is -2.25. The van der Waals surface area contributed by atoms with Gasteiger partial charge in [0.25, 0.3) is 0 Å². The van der Waals surface area contributed by atoms with Crippen molar-refractivity contribution in [3.63, 3.8) is 0 Å². The highest BCUT2D eigenvalue weighted by atomic mass is 32.2. The topological polar surface area (TPSA) is 116 Å². The predicted octanol–water partition coefficient (Wildman–Crippen LogP) is 0.419. The number of aromatic nitrogens is 4. The molecule has 0 amide bonds. The van der Waals surface area contributed by atoms with Gasteiger partial charge in [-0.2, -0.15) is 10.2 Å². The number of nitrogens with zero attached hydrogens (tertiary/aromatic N) is 2. The zero-order chi connectivity index (χ0) is 15.3. The lowest BCUT2D eigenvalue weighted by atomic mass is 10.3. The standard InChI is InChI=1S/C12H20N6O2S/c1-3-4-13-8-11-12(9(2)17-18-11)21(19,20)16-7-10-5-14-15-6-10/h5-6,13,16H,3-4,7-8H2,1-2H3,(H,14,15)(H,17,18).